The van der Waals surface area contributed by atoms with Crippen molar-refractivity contribution < 1.29 is 0 Å². The molecule has 1 aromatic heterocycles. The molecule has 3 aromatic rings. The van der Waals surface area contributed by atoms with Crippen molar-refractivity contribution in [1.29, 1.82) is 0 Å². The second-order valence-corrected chi connectivity index (χ2v) is 6.88. The van der Waals surface area contributed by atoms with Gasteiger partial charge in [0.1, 0.15) is 0 Å². The molecule has 0 amide bonds. The predicted molar refractivity (Wildman–Crippen MR) is 109 cm³/mol. The van der Waals surface area contributed by atoms with Gasteiger partial charge in [0.15, 0.2) is 0 Å². The van der Waals surface area contributed by atoms with Crippen molar-refractivity contribution in [1.82, 2.24) is 9.88 Å². The van der Waals surface area contributed by atoms with Crippen molar-refractivity contribution in [3.63, 3.8) is 0 Å². The van der Waals surface area contributed by atoms with Crippen molar-refractivity contribution in [2.24, 2.45) is 5.73 Å². The first-order chi connectivity index (χ1) is 12.2. The van der Waals surface area contributed by atoms with E-state index in [0.29, 0.717) is 19.5 Å². The fourth-order valence-corrected chi connectivity index (χ4v) is 3.37. The molecule has 5 heteroatoms. The van der Waals surface area contributed by atoms with E-state index in [9.17, 15) is 0 Å². The van der Waals surface area contributed by atoms with Crippen LogP contribution in [0.2, 0.25) is 5.02 Å². The third kappa shape index (κ3) is 4.75. The zero-order chi connectivity index (χ0) is 17.6. The summed E-state index contributed by atoms with van der Waals surface area (Å²) in [5.41, 5.74) is 8.11. The number of rotatable bonds is 6. The Morgan fingerprint density at radius 3 is 2.76 bits per heavy atom. The number of thiocarbonyl (C=S) groups is 1. The van der Waals surface area contributed by atoms with E-state index in [0.717, 1.165) is 27.5 Å². The van der Waals surface area contributed by atoms with Crippen molar-refractivity contribution >= 4 is 39.6 Å². The maximum Gasteiger partial charge on any atom is 0.0827 e. The van der Waals surface area contributed by atoms with Crippen LogP contribution in [0.1, 0.15) is 11.1 Å². The van der Waals surface area contributed by atoms with Gasteiger partial charge >= 0.3 is 0 Å². The van der Waals surface area contributed by atoms with E-state index >= 15 is 0 Å². The fourth-order valence-electron chi connectivity index (χ4n) is 2.83. The van der Waals surface area contributed by atoms with Crippen LogP contribution < -0.4 is 5.73 Å². The average molecular weight is 370 g/mol. The van der Waals surface area contributed by atoms with E-state index in [2.05, 4.69) is 34.1 Å². The van der Waals surface area contributed by atoms with Gasteiger partial charge in [-0.15, -0.1) is 0 Å². The first-order valence-corrected chi connectivity index (χ1v) is 8.99. The lowest BCUT2D eigenvalue weighted by Crippen LogP contribution is -2.34. The largest absolute Gasteiger partial charge is 0.360 e. The van der Waals surface area contributed by atoms with Gasteiger partial charge in [-0.3, -0.25) is 4.98 Å². The molecule has 0 radical (unpaired) electrons. The summed E-state index contributed by atoms with van der Waals surface area (Å²) in [5, 5.41) is 3.05. The number of nitrogens with zero attached hydrogens (tertiary/aromatic N) is 2. The summed E-state index contributed by atoms with van der Waals surface area (Å²) in [7, 11) is 0. The third-order valence-corrected chi connectivity index (χ3v) is 4.71. The highest BCUT2D eigenvalue weighted by Gasteiger charge is 2.11. The molecule has 3 nitrogen and oxygen atoms in total. The fraction of sp³-hybridized carbons (Fsp3) is 0.200. The smallest absolute Gasteiger partial charge is 0.0827 e. The minimum absolute atomic E-state index is 0.560. The van der Waals surface area contributed by atoms with Gasteiger partial charge in [0.2, 0.25) is 0 Å². The van der Waals surface area contributed by atoms with Crippen molar-refractivity contribution in [3.05, 3.63) is 77.1 Å². The Balaban J connectivity index is 1.75. The molecular weight excluding hydrogens is 350 g/mol. The lowest BCUT2D eigenvalue weighted by atomic mass is 10.1. The van der Waals surface area contributed by atoms with E-state index in [1.165, 1.54) is 10.9 Å². The van der Waals surface area contributed by atoms with Crippen LogP contribution >= 0.6 is 23.8 Å². The molecular formula is C20H20ClN3S. The van der Waals surface area contributed by atoms with Crippen LogP contribution in [0, 0.1) is 0 Å². The molecule has 0 aliphatic rings. The number of fused-ring (bicyclic) bond motifs is 1. The van der Waals surface area contributed by atoms with Gasteiger partial charge in [0.25, 0.3) is 0 Å². The second kappa shape index (κ2) is 8.39. The average Bonchev–Trinajstić information content (AvgIpc) is 2.61. The lowest BCUT2D eigenvalue weighted by Gasteiger charge is -2.25. The summed E-state index contributed by atoms with van der Waals surface area (Å²) in [6.07, 6.45) is 4.40. The molecule has 0 spiro atoms. The van der Waals surface area contributed by atoms with Crippen molar-refractivity contribution in [2.75, 3.05) is 13.1 Å². The molecule has 0 aliphatic heterocycles. The SMILES string of the molecule is NCCN(Cc1cccc(Cl)c1)C(=S)Cc1ccc2cnccc2c1. The Labute approximate surface area is 158 Å². The van der Waals surface area contributed by atoms with Crippen LogP contribution in [0.15, 0.2) is 60.9 Å². The molecule has 3 rings (SSSR count). The van der Waals surface area contributed by atoms with E-state index in [4.69, 9.17) is 29.6 Å². The van der Waals surface area contributed by atoms with Gasteiger partial charge in [0.05, 0.1) is 4.99 Å². The first kappa shape index (κ1) is 17.8. The molecule has 0 fully saturated rings. The molecule has 0 saturated carbocycles. The minimum atomic E-state index is 0.560. The number of aromatic nitrogens is 1. The second-order valence-electron chi connectivity index (χ2n) is 5.97. The highest BCUT2D eigenvalue weighted by atomic mass is 35.5. The van der Waals surface area contributed by atoms with E-state index in [-0.39, 0.29) is 0 Å². The van der Waals surface area contributed by atoms with Gasteiger partial charge in [-0.1, -0.05) is 54.2 Å². The third-order valence-electron chi connectivity index (χ3n) is 4.07. The topological polar surface area (TPSA) is 42.1 Å². The molecule has 2 N–H and O–H groups in total. The van der Waals surface area contributed by atoms with Crippen LogP contribution in [-0.2, 0) is 13.0 Å². The molecule has 0 saturated heterocycles. The Hall–Kier alpha value is -2.01. The van der Waals surface area contributed by atoms with E-state index < -0.39 is 0 Å². The highest BCUT2D eigenvalue weighted by molar-refractivity contribution is 7.80. The molecule has 2 aromatic carbocycles. The zero-order valence-electron chi connectivity index (χ0n) is 13.9. The minimum Gasteiger partial charge on any atom is -0.360 e. The van der Waals surface area contributed by atoms with Crippen LogP contribution in [0.25, 0.3) is 10.8 Å². The summed E-state index contributed by atoms with van der Waals surface area (Å²) < 4.78 is 0. The number of hydrogen-bond donors (Lipinski definition) is 1. The monoisotopic (exact) mass is 369 g/mol. The standard InChI is InChI=1S/C20H20ClN3S/c21-19-3-1-2-16(11-19)14-24(9-7-22)20(25)12-15-4-5-18-13-23-8-6-17(18)10-15/h1-6,8,10-11,13H,7,9,12,14,22H2. The Bertz CT molecular complexity index is 881. The number of nitrogens with two attached hydrogens (primary N) is 1. The van der Waals surface area contributed by atoms with E-state index in [1.54, 1.807) is 0 Å². The Kier molecular flexibility index (Phi) is 5.97. The quantitative estimate of drug-likeness (QED) is 0.660. The Morgan fingerprint density at radius 2 is 1.96 bits per heavy atom. The van der Waals surface area contributed by atoms with E-state index in [1.807, 2.05) is 36.7 Å². The normalized spacial score (nSPS) is 10.8. The van der Waals surface area contributed by atoms with Crippen LogP contribution in [0.5, 0.6) is 0 Å². The molecule has 0 atom stereocenters. The molecule has 0 aliphatic carbocycles. The lowest BCUT2D eigenvalue weighted by molar-refractivity contribution is 0.424. The molecule has 25 heavy (non-hydrogen) atoms. The van der Waals surface area contributed by atoms with Gasteiger partial charge < -0.3 is 10.6 Å². The first-order valence-electron chi connectivity index (χ1n) is 8.20. The maximum atomic E-state index is 6.09. The number of benzene rings is 2. The number of hydrogen-bond acceptors (Lipinski definition) is 3. The summed E-state index contributed by atoms with van der Waals surface area (Å²) in [4.78, 5) is 7.19. The van der Waals surface area contributed by atoms with Gasteiger partial charge in [-0.2, -0.15) is 0 Å². The van der Waals surface area contributed by atoms with Gasteiger partial charge in [-0.05, 0) is 34.7 Å². The summed E-state index contributed by atoms with van der Waals surface area (Å²) in [5.74, 6) is 0. The summed E-state index contributed by atoms with van der Waals surface area (Å²) >= 11 is 11.8. The van der Waals surface area contributed by atoms with Gasteiger partial charge in [-0.25, -0.2) is 0 Å². The highest BCUT2D eigenvalue weighted by Crippen LogP contribution is 2.17. The molecule has 0 unspecified atom stereocenters. The maximum absolute atomic E-state index is 6.09. The zero-order valence-corrected chi connectivity index (χ0v) is 15.4. The Morgan fingerprint density at radius 1 is 1.08 bits per heavy atom. The summed E-state index contributed by atoms with van der Waals surface area (Å²) in [6, 6.07) is 16.2. The molecule has 128 valence electrons. The van der Waals surface area contributed by atoms with Crippen molar-refractivity contribution in [3.8, 4) is 0 Å². The molecule has 1 heterocycles. The van der Waals surface area contributed by atoms with Gasteiger partial charge in [0, 0.05) is 48.9 Å². The number of pyridine rings is 1. The molecule has 0 bridgehead atoms. The predicted octanol–water partition coefficient (Wildman–Crippen LogP) is 4.22. The van der Waals surface area contributed by atoms with Crippen LogP contribution in [-0.4, -0.2) is 28.0 Å². The summed E-state index contributed by atoms with van der Waals surface area (Å²) in [6.45, 7) is 2.00. The number of halogens is 1. The van der Waals surface area contributed by atoms with Crippen LogP contribution in [0.3, 0.4) is 0 Å². The van der Waals surface area contributed by atoms with Crippen molar-refractivity contribution in [2.45, 2.75) is 13.0 Å². The van der Waals surface area contributed by atoms with Crippen LogP contribution in [0.4, 0.5) is 0 Å².